The van der Waals surface area contributed by atoms with Gasteiger partial charge in [-0.3, -0.25) is 0 Å². The third-order valence-corrected chi connectivity index (χ3v) is 5.32. The van der Waals surface area contributed by atoms with Crippen LogP contribution < -0.4 is 0 Å². The van der Waals surface area contributed by atoms with Crippen LogP contribution in [0.3, 0.4) is 0 Å². The van der Waals surface area contributed by atoms with Crippen molar-refractivity contribution in [3.05, 3.63) is 124 Å². The Balaban J connectivity index is 2.11. The van der Waals surface area contributed by atoms with Gasteiger partial charge in [-0.15, -0.1) is 0 Å². The smallest absolute Gasteiger partial charge is 0.0701 e. The zero-order chi connectivity index (χ0) is 16.6. The van der Waals surface area contributed by atoms with E-state index < -0.39 is 0 Å². The van der Waals surface area contributed by atoms with Crippen LogP contribution in [0.5, 0.6) is 0 Å². The first-order valence-electron chi connectivity index (χ1n) is 8.01. The molecule has 0 fully saturated rings. The minimum atomic E-state index is -0.354. The van der Waals surface area contributed by atoms with Crippen molar-refractivity contribution in [1.82, 2.24) is 0 Å². The lowest BCUT2D eigenvalue weighted by Gasteiger charge is -2.40. The molecule has 0 aromatic heterocycles. The molecule has 0 saturated heterocycles. The first kappa shape index (κ1) is 15.2. The predicted octanol–water partition coefficient (Wildman–Crippen LogP) is 6.37. The Labute approximate surface area is 151 Å². The molecule has 1 aliphatic carbocycles. The van der Waals surface area contributed by atoms with Gasteiger partial charge in [0.15, 0.2) is 0 Å². The molecule has 0 unspecified atom stereocenters. The fourth-order valence-corrected chi connectivity index (χ4v) is 3.97. The van der Waals surface area contributed by atoms with E-state index in [-0.39, 0.29) is 5.41 Å². The Morgan fingerprint density at radius 2 is 1.29 bits per heavy atom. The fourth-order valence-electron chi connectivity index (χ4n) is 3.71. The number of allylic oxidation sites excluding steroid dienone is 2. The standard InChI is InChI=1S/C23H17Br/c1-17-11-12-18-7-5-6-10-22(18)23(17,19-8-3-2-4-9-19)20-13-15-21(24)16-14-20/h2-16H,1H2/t23-/m1/s1. The van der Waals surface area contributed by atoms with Gasteiger partial charge in [0.1, 0.15) is 0 Å². The highest BCUT2D eigenvalue weighted by Crippen LogP contribution is 2.49. The lowest BCUT2D eigenvalue weighted by atomic mass is 9.62. The third-order valence-electron chi connectivity index (χ3n) is 4.79. The minimum absolute atomic E-state index is 0.354. The largest absolute Gasteiger partial charge is 0.0942 e. The van der Waals surface area contributed by atoms with E-state index in [9.17, 15) is 0 Å². The second-order valence-electron chi connectivity index (χ2n) is 6.07. The number of rotatable bonds is 2. The molecule has 0 saturated carbocycles. The molecule has 1 atom stereocenters. The molecule has 24 heavy (non-hydrogen) atoms. The van der Waals surface area contributed by atoms with Crippen LogP contribution in [0.4, 0.5) is 0 Å². The molecule has 0 amide bonds. The van der Waals surface area contributed by atoms with Crippen molar-refractivity contribution < 1.29 is 0 Å². The molecule has 1 heteroatoms. The maximum absolute atomic E-state index is 4.44. The summed E-state index contributed by atoms with van der Waals surface area (Å²) in [5.74, 6) is 0. The van der Waals surface area contributed by atoms with Crippen LogP contribution in [0, 0.1) is 0 Å². The number of benzene rings is 3. The maximum Gasteiger partial charge on any atom is 0.0701 e. The number of fused-ring (bicyclic) bond motifs is 1. The third kappa shape index (κ3) is 2.20. The Morgan fingerprint density at radius 3 is 2.04 bits per heavy atom. The van der Waals surface area contributed by atoms with Gasteiger partial charge in [-0.05, 0) is 40.0 Å². The Kier molecular flexibility index (Phi) is 3.74. The molecule has 0 bridgehead atoms. The van der Waals surface area contributed by atoms with Gasteiger partial charge in [0.05, 0.1) is 5.41 Å². The summed E-state index contributed by atoms with van der Waals surface area (Å²) in [5, 5.41) is 0. The van der Waals surface area contributed by atoms with Crippen LogP contribution in [-0.4, -0.2) is 0 Å². The average Bonchev–Trinajstić information content (AvgIpc) is 2.64. The topological polar surface area (TPSA) is 0 Å². The molecule has 0 nitrogen and oxygen atoms in total. The average molecular weight is 373 g/mol. The van der Waals surface area contributed by atoms with Crippen molar-refractivity contribution in [2.45, 2.75) is 5.41 Å². The Morgan fingerprint density at radius 1 is 0.667 bits per heavy atom. The predicted molar refractivity (Wildman–Crippen MR) is 105 cm³/mol. The molecule has 1 aliphatic rings. The second-order valence-corrected chi connectivity index (χ2v) is 6.98. The number of hydrogen-bond donors (Lipinski definition) is 0. The van der Waals surface area contributed by atoms with Crippen molar-refractivity contribution in [3.8, 4) is 0 Å². The van der Waals surface area contributed by atoms with E-state index in [0.29, 0.717) is 0 Å². The summed E-state index contributed by atoms with van der Waals surface area (Å²) in [4.78, 5) is 0. The van der Waals surface area contributed by atoms with Crippen molar-refractivity contribution in [1.29, 1.82) is 0 Å². The zero-order valence-corrected chi connectivity index (χ0v) is 14.8. The molecule has 0 heterocycles. The molecule has 0 spiro atoms. The van der Waals surface area contributed by atoms with Crippen LogP contribution in [0.25, 0.3) is 6.08 Å². The van der Waals surface area contributed by atoms with Crippen LogP contribution in [0.1, 0.15) is 22.3 Å². The van der Waals surface area contributed by atoms with Crippen LogP contribution in [0.15, 0.2) is 102 Å². The monoisotopic (exact) mass is 372 g/mol. The van der Waals surface area contributed by atoms with Crippen LogP contribution in [-0.2, 0) is 5.41 Å². The summed E-state index contributed by atoms with van der Waals surface area (Å²) in [7, 11) is 0. The molecule has 0 radical (unpaired) electrons. The lowest BCUT2D eigenvalue weighted by molar-refractivity contribution is 0.739. The molecule has 3 aromatic rings. The van der Waals surface area contributed by atoms with Gasteiger partial charge in [-0.25, -0.2) is 0 Å². The molecular weight excluding hydrogens is 356 g/mol. The SMILES string of the molecule is C=C1C=Cc2ccccc2[C@]1(c1ccccc1)c1ccc(Br)cc1. The summed E-state index contributed by atoms with van der Waals surface area (Å²) in [6.07, 6.45) is 4.31. The van der Waals surface area contributed by atoms with Crippen LogP contribution >= 0.6 is 15.9 Å². The van der Waals surface area contributed by atoms with E-state index >= 15 is 0 Å². The van der Waals surface area contributed by atoms with Gasteiger partial charge in [0, 0.05) is 4.47 Å². The molecule has 4 rings (SSSR count). The zero-order valence-electron chi connectivity index (χ0n) is 13.2. The summed E-state index contributed by atoms with van der Waals surface area (Å²) in [5.41, 5.74) is 5.75. The highest BCUT2D eigenvalue weighted by Gasteiger charge is 2.40. The summed E-state index contributed by atoms with van der Waals surface area (Å²) >= 11 is 3.55. The lowest BCUT2D eigenvalue weighted by Crippen LogP contribution is -2.33. The molecule has 3 aromatic carbocycles. The van der Waals surface area contributed by atoms with Crippen molar-refractivity contribution in [3.63, 3.8) is 0 Å². The second kappa shape index (κ2) is 5.92. The summed E-state index contributed by atoms with van der Waals surface area (Å²) in [6.45, 7) is 4.44. The fraction of sp³-hybridized carbons (Fsp3) is 0.0435. The van der Waals surface area contributed by atoms with Gasteiger partial charge >= 0.3 is 0 Å². The van der Waals surface area contributed by atoms with Gasteiger partial charge < -0.3 is 0 Å². The highest BCUT2D eigenvalue weighted by atomic mass is 79.9. The number of halogens is 1. The normalized spacial score (nSPS) is 19.1. The molecule has 0 N–H and O–H groups in total. The summed E-state index contributed by atoms with van der Waals surface area (Å²) < 4.78 is 1.08. The van der Waals surface area contributed by atoms with E-state index in [1.165, 1.54) is 22.3 Å². The van der Waals surface area contributed by atoms with E-state index in [4.69, 9.17) is 0 Å². The molecule has 0 aliphatic heterocycles. The Bertz CT molecular complexity index is 920. The van der Waals surface area contributed by atoms with E-state index in [2.05, 4.69) is 114 Å². The quantitative estimate of drug-likeness (QED) is 0.490. The minimum Gasteiger partial charge on any atom is -0.0942 e. The summed E-state index contributed by atoms with van der Waals surface area (Å²) in [6, 6.07) is 27.9. The van der Waals surface area contributed by atoms with Gasteiger partial charge in [0.2, 0.25) is 0 Å². The first-order valence-corrected chi connectivity index (χ1v) is 8.81. The van der Waals surface area contributed by atoms with Crippen molar-refractivity contribution >= 4 is 22.0 Å². The van der Waals surface area contributed by atoms with Gasteiger partial charge in [0.25, 0.3) is 0 Å². The molecule has 116 valence electrons. The van der Waals surface area contributed by atoms with E-state index in [0.717, 1.165) is 10.0 Å². The van der Waals surface area contributed by atoms with E-state index in [1.54, 1.807) is 0 Å². The maximum atomic E-state index is 4.44. The first-order chi connectivity index (χ1) is 11.7. The highest BCUT2D eigenvalue weighted by molar-refractivity contribution is 9.10. The van der Waals surface area contributed by atoms with Crippen molar-refractivity contribution in [2.75, 3.05) is 0 Å². The van der Waals surface area contributed by atoms with Crippen molar-refractivity contribution in [2.24, 2.45) is 0 Å². The Hall–Kier alpha value is -2.38. The number of hydrogen-bond acceptors (Lipinski definition) is 0. The van der Waals surface area contributed by atoms with Gasteiger partial charge in [-0.2, -0.15) is 0 Å². The van der Waals surface area contributed by atoms with Crippen LogP contribution in [0.2, 0.25) is 0 Å². The van der Waals surface area contributed by atoms with E-state index in [1.807, 2.05) is 0 Å². The molecular formula is C23H17Br. The van der Waals surface area contributed by atoms with Gasteiger partial charge in [-0.1, -0.05) is 101 Å².